The summed E-state index contributed by atoms with van der Waals surface area (Å²) in [6.45, 7) is 4.89. The first kappa shape index (κ1) is 16.6. The summed E-state index contributed by atoms with van der Waals surface area (Å²) in [6, 6.07) is 9.52. The van der Waals surface area contributed by atoms with Gasteiger partial charge < -0.3 is 10.2 Å². The largest absolute Gasteiger partial charge is 0.354 e. The van der Waals surface area contributed by atoms with Crippen LogP contribution in [0.15, 0.2) is 30.3 Å². The fourth-order valence-electron chi connectivity index (χ4n) is 2.98. The zero-order valence-corrected chi connectivity index (χ0v) is 14.7. The Hall–Kier alpha value is -2.21. The van der Waals surface area contributed by atoms with Gasteiger partial charge in [0.1, 0.15) is 4.88 Å². The molecular formula is C18H21N3O2S. The molecule has 5 nitrogen and oxygen atoms in total. The molecule has 1 saturated heterocycles. The number of aryl methyl sites for hydroxylation is 2. The van der Waals surface area contributed by atoms with Crippen molar-refractivity contribution in [2.45, 2.75) is 32.7 Å². The van der Waals surface area contributed by atoms with Crippen molar-refractivity contribution in [2.24, 2.45) is 0 Å². The van der Waals surface area contributed by atoms with E-state index in [0.29, 0.717) is 18.0 Å². The normalized spacial score (nSPS) is 18.2. The highest BCUT2D eigenvalue weighted by Gasteiger charge is 2.32. The Morgan fingerprint density at radius 1 is 1.38 bits per heavy atom. The number of amides is 2. The Labute approximate surface area is 145 Å². The van der Waals surface area contributed by atoms with Crippen LogP contribution in [0.3, 0.4) is 0 Å². The molecule has 2 aromatic rings. The third-order valence-electron chi connectivity index (χ3n) is 4.21. The van der Waals surface area contributed by atoms with Crippen LogP contribution in [-0.2, 0) is 11.2 Å². The maximum absolute atomic E-state index is 13.2. The molecule has 24 heavy (non-hydrogen) atoms. The van der Waals surface area contributed by atoms with Gasteiger partial charge in [-0.05, 0) is 18.9 Å². The van der Waals surface area contributed by atoms with Crippen molar-refractivity contribution in [3.05, 3.63) is 51.5 Å². The quantitative estimate of drug-likeness (QED) is 0.932. The Morgan fingerprint density at radius 3 is 2.79 bits per heavy atom. The van der Waals surface area contributed by atoms with E-state index in [-0.39, 0.29) is 24.3 Å². The standard InChI is InChI=1S/C18H21N3O2S/c1-3-16-20-12(2)17(24-16)18(23)21-10-9-19-15(22)11-14(21)13-7-5-4-6-8-13/h4-8,14H,3,9-11H2,1-2H3,(H,19,22)/t14-/m1/s1. The van der Waals surface area contributed by atoms with Crippen LogP contribution in [0.25, 0.3) is 0 Å². The van der Waals surface area contributed by atoms with E-state index in [1.807, 2.05) is 49.1 Å². The van der Waals surface area contributed by atoms with Gasteiger partial charge in [0.2, 0.25) is 5.91 Å². The van der Waals surface area contributed by atoms with Crippen LogP contribution in [0.2, 0.25) is 0 Å². The van der Waals surface area contributed by atoms with Gasteiger partial charge in [0, 0.05) is 13.1 Å². The average molecular weight is 343 g/mol. The number of nitrogens with one attached hydrogen (secondary N) is 1. The van der Waals surface area contributed by atoms with Gasteiger partial charge in [-0.1, -0.05) is 37.3 Å². The van der Waals surface area contributed by atoms with E-state index in [1.54, 1.807) is 0 Å². The number of carbonyl (C=O) groups excluding carboxylic acids is 2. The van der Waals surface area contributed by atoms with E-state index in [2.05, 4.69) is 10.3 Å². The maximum atomic E-state index is 13.2. The van der Waals surface area contributed by atoms with Crippen molar-refractivity contribution >= 4 is 23.2 Å². The zero-order chi connectivity index (χ0) is 17.1. The molecule has 1 aromatic heterocycles. The molecule has 0 bridgehead atoms. The Balaban J connectivity index is 1.96. The molecule has 1 N–H and O–H groups in total. The molecule has 1 atom stereocenters. The minimum Gasteiger partial charge on any atom is -0.354 e. The lowest BCUT2D eigenvalue weighted by Crippen LogP contribution is -2.36. The molecule has 0 unspecified atom stereocenters. The molecule has 2 amide bonds. The smallest absolute Gasteiger partial charge is 0.266 e. The molecule has 0 aliphatic carbocycles. The first-order chi connectivity index (χ1) is 11.6. The van der Waals surface area contributed by atoms with E-state index >= 15 is 0 Å². The van der Waals surface area contributed by atoms with Crippen LogP contribution in [0, 0.1) is 6.92 Å². The van der Waals surface area contributed by atoms with Gasteiger partial charge in [0.15, 0.2) is 0 Å². The second-order valence-corrected chi connectivity index (χ2v) is 6.94. The number of thiazole rings is 1. The summed E-state index contributed by atoms with van der Waals surface area (Å²) in [5.74, 6) is -0.0514. The summed E-state index contributed by atoms with van der Waals surface area (Å²) in [5, 5.41) is 3.84. The van der Waals surface area contributed by atoms with Crippen LogP contribution < -0.4 is 5.32 Å². The lowest BCUT2D eigenvalue weighted by atomic mass is 10.0. The number of nitrogens with zero attached hydrogens (tertiary/aromatic N) is 2. The summed E-state index contributed by atoms with van der Waals surface area (Å²) >= 11 is 1.46. The van der Waals surface area contributed by atoms with Crippen LogP contribution >= 0.6 is 11.3 Å². The fourth-order valence-corrected chi connectivity index (χ4v) is 3.94. The highest BCUT2D eigenvalue weighted by atomic mass is 32.1. The van der Waals surface area contributed by atoms with Crippen molar-refractivity contribution in [1.82, 2.24) is 15.2 Å². The van der Waals surface area contributed by atoms with Gasteiger partial charge in [-0.15, -0.1) is 11.3 Å². The predicted molar refractivity (Wildman–Crippen MR) is 94.1 cm³/mol. The summed E-state index contributed by atoms with van der Waals surface area (Å²) in [7, 11) is 0. The van der Waals surface area contributed by atoms with E-state index < -0.39 is 0 Å². The SMILES string of the molecule is CCc1nc(C)c(C(=O)N2CCNC(=O)C[C@@H]2c2ccccc2)s1. The summed E-state index contributed by atoms with van der Waals surface area (Å²) < 4.78 is 0. The molecule has 3 rings (SSSR count). The van der Waals surface area contributed by atoms with Crippen molar-refractivity contribution in [1.29, 1.82) is 0 Å². The van der Waals surface area contributed by atoms with E-state index in [4.69, 9.17) is 0 Å². The van der Waals surface area contributed by atoms with E-state index in [1.165, 1.54) is 11.3 Å². The topological polar surface area (TPSA) is 62.3 Å². The highest BCUT2D eigenvalue weighted by molar-refractivity contribution is 7.13. The van der Waals surface area contributed by atoms with Gasteiger partial charge in [0.05, 0.1) is 23.2 Å². The zero-order valence-electron chi connectivity index (χ0n) is 13.9. The Bertz CT molecular complexity index is 742. The molecule has 2 heterocycles. The maximum Gasteiger partial charge on any atom is 0.266 e. The monoisotopic (exact) mass is 343 g/mol. The molecule has 1 aliphatic rings. The Morgan fingerprint density at radius 2 is 2.12 bits per heavy atom. The Kier molecular flexibility index (Phi) is 4.94. The summed E-state index contributed by atoms with van der Waals surface area (Å²) in [6.07, 6.45) is 1.11. The molecule has 0 saturated carbocycles. The van der Waals surface area contributed by atoms with Gasteiger partial charge in [-0.3, -0.25) is 9.59 Å². The molecule has 1 aliphatic heterocycles. The van der Waals surface area contributed by atoms with E-state index in [9.17, 15) is 9.59 Å². The molecule has 6 heteroatoms. The summed E-state index contributed by atoms with van der Waals surface area (Å²) in [4.78, 5) is 32.1. The molecular weight excluding hydrogens is 322 g/mol. The van der Waals surface area contributed by atoms with Crippen molar-refractivity contribution < 1.29 is 9.59 Å². The van der Waals surface area contributed by atoms with Gasteiger partial charge in [-0.25, -0.2) is 4.98 Å². The lowest BCUT2D eigenvalue weighted by molar-refractivity contribution is -0.121. The third-order valence-corrected chi connectivity index (χ3v) is 5.50. The minimum absolute atomic E-state index is 0.0190. The summed E-state index contributed by atoms with van der Waals surface area (Å²) in [5.41, 5.74) is 1.76. The third kappa shape index (κ3) is 3.33. The lowest BCUT2D eigenvalue weighted by Gasteiger charge is -2.29. The highest BCUT2D eigenvalue weighted by Crippen LogP contribution is 2.29. The van der Waals surface area contributed by atoms with E-state index in [0.717, 1.165) is 22.7 Å². The first-order valence-corrected chi connectivity index (χ1v) is 9.00. The molecule has 126 valence electrons. The number of hydrogen-bond acceptors (Lipinski definition) is 4. The number of aromatic nitrogens is 1. The van der Waals surface area contributed by atoms with Crippen molar-refractivity contribution in [2.75, 3.05) is 13.1 Å². The number of hydrogen-bond donors (Lipinski definition) is 1. The van der Waals surface area contributed by atoms with Gasteiger partial charge in [-0.2, -0.15) is 0 Å². The second kappa shape index (κ2) is 7.13. The van der Waals surface area contributed by atoms with Crippen LogP contribution in [0.4, 0.5) is 0 Å². The number of rotatable bonds is 3. The van der Waals surface area contributed by atoms with Gasteiger partial charge >= 0.3 is 0 Å². The number of benzene rings is 1. The van der Waals surface area contributed by atoms with Gasteiger partial charge in [0.25, 0.3) is 5.91 Å². The minimum atomic E-state index is -0.243. The molecule has 1 aromatic carbocycles. The predicted octanol–water partition coefficient (Wildman–Crippen LogP) is 2.72. The average Bonchev–Trinajstić information content (AvgIpc) is 2.86. The van der Waals surface area contributed by atoms with Crippen LogP contribution in [0.1, 0.15) is 45.3 Å². The van der Waals surface area contributed by atoms with Crippen molar-refractivity contribution in [3.8, 4) is 0 Å². The fraction of sp³-hybridized carbons (Fsp3) is 0.389. The van der Waals surface area contributed by atoms with Crippen LogP contribution in [-0.4, -0.2) is 34.8 Å². The van der Waals surface area contributed by atoms with Crippen molar-refractivity contribution in [3.63, 3.8) is 0 Å². The molecule has 0 spiro atoms. The molecule has 0 radical (unpaired) electrons. The number of carbonyl (C=O) groups is 2. The molecule has 1 fully saturated rings. The second-order valence-electron chi connectivity index (χ2n) is 5.85. The first-order valence-electron chi connectivity index (χ1n) is 8.19. The van der Waals surface area contributed by atoms with Crippen LogP contribution in [0.5, 0.6) is 0 Å².